The van der Waals surface area contributed by atoms with Crippen molar-refractivity contribution in [2.45, 2.75) is 18.2 Å². The van der Waals surface area contributed by atoms with Crippen LogP contribution in [0.4, 0.5) is 5.69 Å². The fourth-order valence-electron chi connectivity index (χ4n) is 1.73. The van der Waals surface area contributed by atoms with Gasteiger partial charge in [0.15, 0.2) is 0 Å². The van der Waals surface area contributed by atoms with Gasteiger partial charge >= 0.3 is 0 Å². The molecule has 0 heterocycles. The Labute approximate surface area is 118 Å². The van der Waals surface area contributed by atoms with Crippen LogP contribution in [0.5, 0.6) is 0 Å². The van der Waals surface area contributed by atoms with Gasteiger partial charge in [-0.15, -0.1) is 0 Å². The first-order chi connectivity index (χ1) is 9.55. The van der Waals surface area contributed by atoms with Gasteiger partial charge in [0.2, 0.25) is 0 Å². The van der Waals surface area contributed by atoms with E-state index in [1.54, 1.807) is 48.5 Å². The number of aryl methyl sites for hydroxylation is 1. The molecule has 1 N–H and O–H groups in total. The van der Waals surface area contributed by atoms with E-state index in [1.165, 1.54) is 0 Å². The van der Waals surface area contributed by atoms with E-state index in [-0.39, 0.29) is 4.90 Å². The number of benzene rings is 2. The molecule has 20 heavy (non-hydrogen) atoms. The number of hydrogen-bond donors (Lipinski definition) is 1. The summed E-state index contributed by atoms with van der Waals surface area (Å²) in [6.07, 6.45) is 0.864. The van der Waals surface area contributed by atoms with Crippen LogP contribution in [0.1, 0.15) is 18.1 Å². The Hall–Kier alpha value is -2.32. The lowest BCUT2D eigenvalue weighted by atomic mass is 10.2. The summed E-state index contributed by atoms with van der Waals surface area (Å²) in [6.45, 7) is 2.01. The lowest BCUT2D eigenvalue weighted by Gasteiger charge is -2.08. The molecule has 0 aromatic heterocycles. The maximum absolute atomic E-state index is 12.2. The number of rotatable bonds is 4. The van der Waals surface area contributed by atoms with Crippen LogP contribution in [0.2, 0.25) is 0 Å². The highest BCUT2D eigenvalue weighted by Crippen LogP contribution is 2.17. The molecule has 102 valence electrons. The van der Waals surface area contributed by atoms with E-state index in [1.807, 2.05) is 13.0 Å². The van der Waals surface area contributed by atoms with Crippen molar-refractivity contribution in [3.8, 4) is 6.07 Å². The Morgan fingerprint density at radius 2 is 1.65 bits per heavy atom. The standard InChI is InChI=1S/C15H14N2O2S/c1-2-12-5-9-15(10-6-12)20(18,19)17-14-7-3-13(11-16)4-8-14/h3-10,17H,2H2,1H3. The molecule has 0 aliphatic carbocycles. The quantitative estimate of drug-likeness (QED) is 0.939. The van der Waals surface area contributed by atoms with E-state index < -0.39 is 10.0 Å². The largest absolute Gasteiger partial charge is 0.280 e. The van der Waals surface area contributed by atoms with Gasteiger partial charge in [-0.3, -0.25) is 4.72 Å². The summed E-state index contributed by atoms with van der Waals surface area (Å²) in [5.41, 5.74) is 2.01. The summed E-state index contributed by atoms with van der Waals surface area (Å²) in [4.78, 5) is 0.221. The van der Waals surface area contributed by atoms with E-state index in [2.05, 4.69) is 4.72 Å². The molecule has 0 aliphatic heterocycles. The van der Waals surface area contributed by atoms with Crippen molar-refractivity contribution in [2.24, 2.45) is 0 Å². The second kappa shape index (κ2) is 5.76. The van der Waals surface area contributed by atoms with Crippen molar-refractivity contribution in [3.05, 3.63) is 59.7 Å². The number of nitrogens with zero attached hydrogens (tertiary/aromatic N) is 1. The van der Waals surface area contributed by atoms with Crippen molar-refractivity contribution < 1.29 is 8.42 Å². The van der Waals surface area contributed by atoms with Gasteiger partial charge in [0.1, 0.15) is 0 Å². The van der Waals surface area contributed by atoms with Gasteiger partial charge in [-0.05, 0) is 48.4 Å². The monoisotopic (exact) mass is 286 g/mol. The van der Waals surface area contributed by atoms with Crippen molar-refractivity contribution in [1.29, 1.82) is 5.26 Å². The van der Waals surface area contributed by atoms with Crippen LogP contribution in [0.3, 0.4) is 0 Å². The average Bonchev–Trinajstić information content (AvgIpc) is 2.48. The Morgan fingerprint density at radius 1 is 1.05 bits per heavy atom. The van der Waals surface area contributed by atoms with Gasteiger partial charge < -0.3 is 0 Å². The minimum Gasteiger partial charge on any atom is -0.280 e. The zero-order valence-electron chi connectivity index (χ0n) is 11.0. The molecule has 2 rings (SSSR count). The smallest absolute Gasteiger partial charge is 0.261 e. The summed E-state index contributed by atoms with van der Waals surface area (Å²) >= 11 is 0. The van der Waals surface area contributed by atoms with Crippen molar-refractivity contribution in [2.75, 3.05) is 4.72 Å². The molecule has 0 fully saturated rings. The van der Waals surface area contributed by atoms with Crippen molar-refractivity contribution in [3.63, 3.8) is 0 Å². The third kappa shape index (κ3) is 3.16. The lowest BCUT2D eigenvalue weighted by Crippen LogP contribution is -2.12. The molecule has 0 amide bonds. The molecular weight excluding hydrogens is 272 g/mol. The average molecular weight is 286 g/mol. The highest BCUT2D eigenvalue weighted by molar-refractivity contribution is 7.92. The molecule has 0 atom stereocenters. The first-order valence-electron chi connectivity index (χ1n) is 6.17. The number of nitriles is 1. The van der Waals surface area contributed by atoms with Crippen LogP contribution in [-0.2, 0) is 16.4 Å². The van der Waals surface area contributed by atoms with Gasteiger partial charge in [-0.1, -0.05) is 19.1 Å². The predicted molar refractivity (Wildman–Crippen MR) is 77.8 cm³/mol. The van der Waals surface area contributed by atoms with Gasteiger partial charge in [0, 0.05) is 5.69 Å². The molecule has 4 nitrogen and oxygen atoms in total. The molecule has 0 spiro atoms. The van der Waals surface area contributed by atoms with Crippen LogP contribution in [-0.4, -0.2) is 8.42 Å². The molecule has 0 bridgehead atoms. The zero-order chi connectivity index (χ0) is 14.6. The van der Waals surface area contributed by atoms with E-state index in [0.717, 1.165) is 12.0 Å². The molecule has 5 heteroatoms. The Balaban J connectivity index is 2.23. The minimum atomic E-state index is -3.59. The summed E-state index contributed by atoms with van der Waals surface area (Å²) in [6, 6.07) is 15.0. The minimum absolute atomic E-state index is 0.221. The number of nitrogens with one attached hydrogen (secondary N) is 1. The van der Waals surface area contributed by atoms with Crippen molar-refractivity contribution >= 4 is 15.7 Å². The van der Waals surface area contributed by atoms with E-state index >= 15 is 0 Å². The lowest BCUT2D eigenvalue weighted by molar-refractivity contribution is 0.601. The van der Waals surface area contributed by atoms with Crippen LogP contribution in [0, 0.1) is 11.3 Å². The van der Waals surface area contributed by atoms with Crippen molar-refractivity contribution in [1.82, 2.24) is 0 Å². The normalized spacial score (nSPS) is 10.8. The topological polar surface area (TPSA) is 70.0 Å². The second-order valence-electron chi connectivity index (χ2n) is 4.29. The summed E-state index contributed by atoms with van der Waals surface area (Å²) < 4.78 is 26.8. The fourth-order valence-corrected chi connectivity index (χ4v) is 2.79. The SMILES string of the molecule is CCc1ccc(S(=O)(=O)Nc2ccc(C#N)cc2)cc1. The number of sulfonamides is 1. The number of hydrogen-bond acceptors (Lipinski definition) is 3. The van der Waals surface area contributed by atoms with Crippen LogP contribution in [0.15, 0.2) is 53.4 Å². The first kappa shape index (κ1) is 14.1. The molecule has 0 radical (unpaired) electrons. The predicted octanol–water partition coefficient (Wildman–Crippen LogP) is 2.92. The van der Waals surface area contributed by atoms with Crippen LogP contribution >= 0.6 is 0 Å². The zero-order valence-corrected chi connectivity index (χ0v) is 11.8. The second-order valence-corrected chi connectivity index (χ2v) is 5.97. The Bertz CT molecular complexity index is 727. The van der Waals surface area contributed by atoms with Crippen LogP contribution in [0.25, 0.3) is 0 Å². The fraction of sp³-hybridized carbons (Fsp3) is 0.133. The maximum atomic E-state index is 12.2. The summed E-state index contributed by atoms with van der Waals surface area (Å²) in [5.74, 6) is 0. The van der Waals surface area contributed by atoms with E-state index in [0.29, 0.717) is 11.3 Å². The molecule has 2 aromatic rings. The van der Waals surface area contributed by atoms with Gasteiger partial charge in [-0.2, -0.15) is 5.26 Å². The summed E-state index contributed by atoms with van der Waals surface area (Å²) in [5, 5.41) is 8.70. The molecule has 2 aromatic carbocycles. The molecular formula is C15H14N2O2S. The molecule has 0 saturated carbocycles. The van der Waals surface area contributed by atoms with Gasteiger partial charge in [0.25, 0.3) is 10.0 Å². The van der Waals surface area contributed by atoms with E-state index in [4.69, 9.17) is 5.26 Å². The summed E-state index contributed by atoms with van der Waals surface area (Å²) in [7, 11) is -3.59. The van der Waals surface area contributed by atoms with E-state index in [9.17, 15) is 8.42 Å². The third-order valence-electron chi connectivity index (χ3n) is 2.91. The maximum Gasteiger partial charge on any atom is 0.261 e. The van der Waals surface area contributed by atoms with Crippen LogP contribution < -0.4 is 4.72 Å². The van der Waals surface area contributed by atoms with Gasteiger partial charge in [-0.25, -0.2) is 8.42 Å². The Kier molecular flexibility index (Phi) is 4.06. The highest BCUT2D eigenvalue weighted by atomic mass is 32.2. The highest BCUT2D eigenvalue weighted by Gasteiger charge is 2.13. The number of anilines is 1. The first-order valence-corrected chi connectivity index (χ1v) is 7.65. The molecule has 0 aliphatic rings. The molecule has 0 saturated heterocycles. The third-order valence-corrected chi connectivity index (χ3v) is 4.31. The Morgan fingerprint density at radius 3 is 2.15 bits per heavy atom. The molecule has 0 unspecified atom stereocenters. The van der Waals surface area contributed by atoms with Gasteiger partial charge in [0.05, 0.1) is 16.5 Å².